The first kappa shape index (κ1) is 31.9. The van der Waals surface area contributed by atoms with E-state index in [9.17, 15) is 0 Å². The van der Waals surface area contributed by atoms with Crippen molar-refractivity contribution in [2.24, 2.45) is 0 Å². The second kappa shape index (κ2) is 12.6. The second-order valence-electron chi connectivity index (χ2n) is 14.4. The molecule has 0 aliphatic heterocycles. The summed E-state index contributed by atoms with van der Waals surface area (Å²) in [6.45, 7) is 0. The van der Waals surface area contributed by atoms with Crippen LogP contribution in [0.1, 0.15) is 0 Å². The van der Waals surface area contributed by atoms with Crippen LogP contribution >= 0.6 is 11.3 Å². The average Bonchev–Trinajstić information content (AvgIpc) is 3.95. The minimum absolute atomic E-state index is 0.657. The predicted octanol–water partition coefficient (Wildman–Crippen LogP) is 13.9. The molecule has 0 radical (unpaired) electrons. The molecule has 0 fully saturated rings. The molecule has 6 heteroatoms. The van der Waals surface area contributed by atoms with Gasteiger partial charge in [0.2, 0.25) is 0 Å². The maximum Gasteiger partial charge on any atom is 0.165 e. The van der Waals surface area contributed by atoms with Crippen LogP contribution in [0.2, 0.25) is 0 Å². The first-order chi connectivity index (χ1) is 28.2. The molecule has 0 spiro atoms. The van der Waals surface area contributed by atoms with Gasteiger partial charge in [0.1, 0.15) is 11.2 Å². The van der Waals surface area contributed by atoms with Crippen molar-refractivity contribution in [1.82, 2.24) is 19.5 Å². The zero-order valence-corrected chi connectivity index (χ0v) is 31.2. The lowest BCUT2D eigenvalue weighted by Gasteiger charge is -2.09. The number of benzene rings is 8. The zero-order chi connectivity index (χ0) is 37.5. The topological polar surface area (TPSA) is 56.7 Å². The van der Waals surface area contributed by atoms with E-state index in [2.05, 4.69) is 126 Å². The van der Waals surface area contributed by atoms with Crippen LogP contribution in [-0.4, -0.2) is 19.5 Å². The van der Waals surface area contributed by atoms with Gasteiger partial charge in [0, 0.05) is 64.1 Å². The van der Waals surface area contributed by atoms with Gasteiger partial charge < -0.3 is 8.98 Å². The molecule has 0 bridgehead atoms. The quantitative estimate of drug-likeness (QED) is 0.176. The Hall–Kier alpha value is -7.41. The fourth-order valence-electron chi connectivity index (χ4n) is 8.37. The van der Waals surface area contributed by atoms with Crippen LogP contribution in [0.3, 0.4) is 0 Å². The molecular weight excluding hydrogens is 717 g/mol. The third kappa shape index (κ3) is 5.12. The highest BCUT2D eigenvalue weighted by molar-refractivity contribution is 7.26. The monoisotopic (exact) mass is 746 g/mol. The Morgan fingerprint density at radius 1 is 0.386 bits per heavy atom. The summed E-state index contributed by atoms with van der Waals surface area (Å²) in [4.78, 5) is 15.0. The van der Waals surface area contributed by atoms with Crippen LogP contribution < -0.4 is 0 Å². The highest BCUT2D eigenvalue weighted by atomic mass is 32.1. The van der Waals surface area contributed by atoms with Crippen LogP contribution in [0.4, 0.5) is 0 Å². The lowest BCUT2D eigenvalue weighted by atomic mass is 10.0. The van der Waals surface area contributed by atoms with E-state index in [1.807, 2.05) is 60.7 Å². The van der Waals surface area contributed by atoms with Gasteiger partial charge in [-0.1, -0.05) is 127 Å². The normalized spacial score (nSPS) is 11.9. The van der Waals surface area contributed by atoms with Gasteiger partial charge >= 0.3 is 0 Å². The van der Waals surface area contributed by atoms with Crippen molar-refractivity contribution in [3.8, 4) is 51.0 Å². The number of fused-ring (bicyclic) bond motifs is 9. The SMILES string of the molecule is c1ccc(-c2nc(-c3ccccc3)nc(-c3cccc4c3sc3cc(-c5ccc6oc7ccc(-n8c9ccccc9c9ccccc98)cc7c6c5)ccc34)n2)cc1. The van der Waals surface area contributed by atoms with E-state index in [-0.39, 0.29) is 0 Å². The molecule has 4 heterocycles. The lowest BCUT2D eigenvalue weighted by molar-refractivity contribution is 0.669. The molecule has 266 valence electrons. The first-order valence-electron chi connectivity index (χ1n) is 19.0. The molecule has 4 aromatic heterocycles. The number of furan rings is 1. The molecule has 0 N–H and O–H groups in total. The standard InChI is InChI=1S/C51H30N4OS/c1-3-12-31(13-4-1)49-52-50(32-14-5-2-6-15-32)54-51(53-49)40-19-11-18-39-38-25-22-34(29-47(38)57-48(39)40)33-23-26-45-41(28-33)42-30-35(24-27-46(42)56-45)55-43-20-9-7-16-36(43)37-17-8-10-21-44(37)55/h1-30H. The summed E-state index contributed by atoms with van der Waals surface area (Å²) in [5, 5.41) is 7.10. The van der Waals surface area contributed by atoms with E-state index >= 15 is 0 Å². The van der Waals surface area contributed by atoms with Crippen molar-refractivity contribution < 1.29 is 4.42 Å². The van der Waals surface area contributed by atoms with E-state index in [1.54, 1.807) is 11.3 Å². The Morgan fingerprint density at radius 2 is 0.947 bits per heavy atom. The maximum absolute atomic E-state index is 6.41. The largest absolute Gasteiger partial charge is 0.456 e. The van der Waals surface area contributed by atoms with Gasteiger partial charge in [0.25, 0.3) is 0 Å². The first-order valence-corrected chi connectivity index (χ1v) is 19.8. The molecule has 12 rings (SSSR count). The number of rotatable bonds is 5. The van der Waals surface area contributed by atoms with Crippen LogP contribution in [-0.2, 0) is 0 Å². The molecule has 0 amide bonds. The van der Waals surface area contributed by atoms with Gasteiger partial charge in [-0.05, 0) is 65.7 Å². The summed E-state index contributed by atoms with van der Waals surface area (Å²) in [6.07, 6.45) is 0. The summed E-state index contributed by atoms with van der Waals surface area (Å²) >= 11 is 1.78. The smallest absolute Gasteiger partial charge is 0.165 e. The number of thiophene rings is 1. The molecule has 0 atom stereocenters. The number of aromatic nitrogens is 4. The van der Waals surface area contributed by atoms with Gasteiger partial charge in [-0.25, -0.2) is 15.0 Å². The summed E-state index contributed by atoms with van der Waals surface area (Å²) < 4.78 is 11.1. The van der Waals surface area contributed by atoms with Crippen molar-refractivity contribution in [2.75, 3.05) is 0 Å². The summed E-state index contributed by atoms with van der Waals surface area (Å²) in [6, 6.07) is 63.8. The van der Waals surface area contributed by atoms with E-state index in [0.717, 1.165) is 60.1 Å². The molecule has 0 aliphatic rings. The fraction of sp³-hybridized carbons (Fsp3) is 0. The third-order valence-electron chi connectivity index (χ3n) is 11.1. The van der Waals surface area contributed by atoms with Crippen molar-refractivity contribution in [3.63, 3.8) is 0 Å². The number of nitrogens with zero attached hydrogens (tertiary/aromatic N) is 4. The Kier molecular flexibility index (Phi) is 7.03. The Labute approximate surface area is 330 Å². The maximum atomic E-state index is 6.41. The van der Waals surface area contributed by atoms with Crippen LogP contribution in [0.25, 0.3) is 115 Å². The number of para-hydroxylation sites is 2. The van der Waals surface area contributed by atoms with Crippen molar-refractivity contribution in [2.45, 2.75) is 0 Å². The molecule has 5 nitrogen and oxygen atoms in total. The zero-order valence-electron chi connectivity index (χ0n) is 30.4. The minimum Gasteiger partial charge on any atom is -0.456 e. The third-order valence-corrected chi connectivity index (χ3v) is 12.3. The summed E-state index contributed by atoms with van der Waals surface area (Å²) in [7, 11) is 0. The lowest BCUT2D eigenvalue weighted by Crippen LogP contribution is -2.00. The second-order valence-corrected chi connectivity index (χ2v) is 15.4. The summed E-state index contributed by atoms with van der Waals surface area (Å²) in [5.41, 5.74) is 10.5. The van der Waals surface area contributed by atoms with E-state index < -0.39 is 0 Å². The Balaban J connectivity index is 0.979. The van der Waals surface area contributed by atoms with Crippen LogP contribution in [0.15, 0.2) is 186 Å². The Bertz CT molecular complexity index is 3420. The minimum atomic E-state index is 0.657. The predicted molar refractivity (Wildman–Crippen MR) is 236 cm³/mol. The highest BCUT2D eigenvalue weighted by Gasteiger charge is 2.18. The van der Waals surface area contributed by atoms with E-state index in [4.69, 9.17) is 19.4 Å². The van der Waals surface area contributed by atoms with Crippen LogP contribution in [0.5, 0.6) is 0 Å². The summed E-state index contributed by atoms with van der Waals surface area (Å²) in [5.74, 6) is 1.98. The van der Waals surface area contributed by atoms with E-state index in [1.165, 1.54) is 37.3 Å². The van der Waals surface area contributed by atoms with Gasteiger partial charge in [-0.3, -0.25) is 0 Å². The van der Waals surface area contributed by atoms with Gasteiger partial charge in [-0.15, -0.1) is 11.3 Å². The molecule has 57 heavy (non-hydrogen) atoms. The molecule has 8 aromatic carbocycles. The molecule has 0 saturated heterocycles. The molecule has 0 saturated carbocycles. The Morgan fingerprint density at radius 3 is 1.65 bits per heavy atom. The molecule has 0 aliphatic carbocycles. The number of hydrogen-bond donors (Lipinski definition) is 0. The average molecular weight is 747 g/mol. The molecule has 0 unspecified atom stereocenters. The van der Waals surface area contributed by atoms with Crippen molar-refractivity contribution in [1.29, 1.82) is 0 Å². The van der Waals surface area contributed by atoms with Crippen LogP contribution in [0, 0.1) is 0 Å². The highest BCUT2D eigenvalue weighted by Crippen LogP contribution is 2.42. The fourth-order valence-corrected chi connectivity index (χ4v) is 9.62. The molecular formula is C51H30N4OS. The van der Waals surface area contributed by atoms with Gasteiger partial charge in [-0.2, -0.15) is 0 Å². The number of hydrogen-bond acceptors (Lipinski definition) is 5. The molecule has 12 aromatic rings. The van der Waals surface area contributed by atoms with E-state index in [0.29, 0.717) is 17.5 Å². The van der Waals surface area contributed by atoms with Gasteiger partial charge in [0.05, 0.1) is 11.0 Å². The van der Waals surface area contributed by atoms with Crippen molar-refractivity contribution in [3.05, 3.63) is 182 Å². The van der Waals surface area contributed by atoms with Gasteiger partial charge in [0.15, 0.2) is 17.5 Å². The van der Waals surface area contributed by atoms with Crippen molar-refractivity contribution >= 4 is 75.3 Å².